The SMILES string of the molecule is C(/C=N/Nc1ccccc1)=[NH+]c1ccccc1. The van der Waals surface area contributed by atoms with Gasteiger partial charge in [-0.2, -0.15) is 5.10 Å². The van der Waals surface area contributed by atoms with Gasteiger partial charge in [-0.1, -0.05) is 36.4 Å². The number of hydrogen-bond donors (Lipinski definition) is 2. The van der Waals surface area contributed by atoms with E-state index in [1.807, 2.05) is 60.7 Å². The highest BCUT2D eigenvalue weighted by Crippen LogP contribution is 2.03. The molecule has 2 N–H and O–H groups in total. The predicted octanol–water partition coefficient (Wildman–Crippen LogP) is 1.57. The van der Waals surface area contributed by atoms with Crippen LogP contribution in [-0.4, -0.2) is 12.4 Å². The van der Waals surface area contributed by atoms with E-state index in [9.17, 15) is 0 Å². The molecule has 0 bridgehead atoms. The van der Waals surface area contributed by atoms with Gasteiger partial charge in [0.1, 0.15) is 6.21 Å². The zero-order chi connectivity index (χ0) is 11.8. The van der Waals surface area contributed by atoms with E-state index in [2.05, 4.69) is 15.5 Å². The molecule has 0 saturated carbocycles. The second-order valence-electron chi connectivity index (χ2n) is 3.43. The van der Waals surface area contributed by atoms with E-state index in [-0.39, 0.29) is 0 Å². The van der Waals surface area contributed by atoms with Crippen LogP contribution in [0.3, 0.4) is 0 Å². The minimum atomic E-state index is 0.969. The van der Waals surface area contributed by atoms with Crippen molar-refractivity contribution in [2.75, 3.05) is 5.43 Å². The largest absolute Gasteiger partial charge is 0.278 e. The van der Waals surface area contributed by atoms with Crippen molar-refractivity contribution < 1.29 is 4.99 Å². The molecule has 0 spiro atoms. The quantitative estimate of drug-likeness (QED) is 0.600. The van der Waals surface area contributed by atoms with Crippen molar-refractivity contribution >= 4 is 23.8 Å². The van der Waals surface area contributed by atoms with Crippen molar-refractivity contribution in [2.45, 2.75) is 0 Å². The number of para-hydroxylation sites is 2. The molecule has 84 valence electrons. The molecule has 0 unspecified atom stereocenters. The summed E-state index contributed by atoms with van der Waals surface area (Å²) in [4.78, 5) is 3.12. The lowest BCUT2D eigenvalue weighted by Crippen LogP contribution is -2.61. The maximum absolute atomic E-state index is 4.06. The van der Waals surface area contributed by atoms with Crippen LogP contribution in [0.4, 0.5) is 11.4 Å². The van der Waals surface area contributed by atoms with Crippen LogP contribution in [0, 0.1) is 0 Å². The van der Waals surface area contributed by atoms with Crippen molar-refractivity contribution in [1.29, 1.82) is 0 Å². The fourth-order valence-electron chi connectivity index (χ4n) is 1.33. The predicted molar refractivity (Wildman–Crippen MR) is 71.7 cm³/mol. The topological polar surface area (TPSA) is 38.4 Å². The van der Waals surface area contributed by atoms with Crippen molar-refractivity contribution in [3.63, 3.8) is 0 Å². The maximum atomic E-state index is 4.06. The molecule has 0 aliphatic heterocycles. The second kappa shape index (κ2) is 6.23. The number of benzene rings is 2. The summed E-state index contributed by atoms with van der Waals surface area (Å²) >= 11 is 0. The Kier molecular flexibility index (Phi) is 4.06. The highest BCUT2D eigenvalue weighted by atomic mass is 15.3. The molecule has 0 fully saturated rings. The molecule has 3 nitrogen and oxygen atoms in total. The summed E-state index contributed by atoms with van der Waals surface area (Å²) in [7, 11) is 0. The highest BCUT2D eigenvalue weighted by Gasteiger charge is 1.88. The van der Waals surface area contributed by atoms with Crippen LogP contribution >= 0.6 is 0 Å². The molecule has 0 aliphatic carbocycles. The van der Waals surface area contributed by atoms with Gasteiger partial charge in [0, 0.05) is 12.1 Å². The number of nitrogens with zero attached hydrogens (tertiary/aromatic N) is 1. The van der Waals surface area contributed by atoms with Gasteiger partial charge in [-0.3, -0.25) is 5.43 Å². The summed E-state index contributed by atoms with van der Waals surface area (Å²) in [5.74, 6) is 0. The zero-order valence-corrected chi connectivity index (χ0v) is 9.38. The maximum Gasteiger partial charge on any atom is 0.203 e. The number of nitrogens with one attached hydrogen (secondary N) is 2. The molecule has 0 radical (unpaired) electrons. The fourth-order valence-corrected chi connectivity index (χ4v) is 1.33. The lowest BCUT2D eigenvalue weighted by molar-refractivity contribution is -0.345. The summed E-state index contributed by atoms with van der Waals surface area (Å²) < 4.78 is 0. The van der Waals surface area contributed by atoms with Gasteiger partial charge >= 0.3 is 0 Å². The van der Waals surface area contributed by atoms with Crippen LogP contribution in [0.2, 0.25) is 0 Å². The lowest BCUT2D eigenvalue weighted by Gasteiger charge is -1.95. The summed E-state index contributed by atoms with van der Waals surface area (Å²) in [6.07, 6.45) is 3.46. The summed E-state index contributed by atoms with van der Waals surface area (Å²) in [5, 5.41) is 4.06. The Balaban J connectivity index is 1.85. The average molecular weight is 224 g/mol. The molecule has 2 aromatic carbocycles. The first-order valence-electron chi connectivity index (χ1n) is 5.43. The van der Waals surface area contributed by atoms with Crippen molar-refractivity contribution in [1.82, 2.24) is 0 Å². The van der Waals surface area contributed by atoms with Crippen LogP contribution in [0.5, 0.6) is 0 Å². The van der Waals surface area contributed by atoms with E-state index in [4.69, 9.17) is 0 Å². The van der Waals surface area contributed by atoms with E-state index >= 15 is 0 Å². The first kappa shape index (κ1) is 11.1. The van der Waals surface area contributed by atoms with Crippen molar-refractivity contribution in [2.24, 2.45) is 5.10 Å². The summed E-state index contributed by atoms with van der Waals surface area (Å²) in [6, 6.07) is 19.8. The third-order valence-corrected chi connectivity index (χ3v) is 2.14. The average Bonchev–Trinajstić information content (AvgIpc) is 2.41. The van der Waals surface area contributed by atoms with Gasteiger partial charge in [-0.15, -0.1) is 0 Å². The normalized spacial score (nSPS) is 11.1. The Morgan fingerprint density at radius 1 is 0.882 bits per heavy atom. The molecule has 2 aromatic rings. The van der Waals surface area contributed by atoms with E-state index in [1.165, 1.54) is 0 Å². The summed E-state index contributed by atoms with van der Waals surface area (Å²) in [5.41, 5.74) is 4.94. The number of hydrogen-bond acceptors (Lipinski definition) is 2. The van der Waals surface area contributed by atoms with E-state index < -0.39 is 0 Å². The van der Waals surface area contributed by atoms with Crippen LogP contribution in [-0.2, 0) is 0 Å². The molecule has 2 rings (SSSR count). The van der Waals surface area contributed by atoms with E-state index in [0.717, 1.165) is 11.4 Å². The van der Waals surface area contributed by atoms with Gasteiger partial charge in [-0.25, -0.2) is 4.99 Å². The third-order valence-electron chi connectivity index (χ3n) is 2.14. The second-order valence-corrected chi connectivity index (χ2v) is 3.43. The van der Waals surface area contributed by atoms with Crippen LogP contribution in [0.1, 0.15) is 0 Å². The number of hydrazone groups is 1. The third kappa shape index (κ3) is 3.91. The van der Waals surface area contributed by atoms with Gasteiger partial charge in [0.2, 0.25) is 5.69 Å². The number of rotatable bonds is 4. The van der Waals surface area contributed by atoms with Crippen LogP contribution < -0.4 is 10.4 Å². The van der Waals surface area contributed by atoms with Gasteiger partial charge in [-0.05, 0) is 12.1 Å². The Labute approximate surface area is 101 Å². The van der Waals surface area contributed by atoms with E-state index in [0.29, 0.717) is 0 Å². The molecule has 3 heteroatoms. The Morgan fingerprint density at radius 2 is 1.53 bits per heavy atom. The minimum Gasteiger partial charge on any atom is -0.278 e. The standard InChI is InChI=1S/C14H13N3/c1-3-7-13(8-4-1)15-11-12-16-17-14-9-5-2-6-10-14/h1-12,17H/p+1/b15-11?,16-12+. The summed E-state index contributed by atoms with van der Waals surface area (Å²) in [6.45, 7) is 0. The smallest absolute Gasteiger partial charge is 0.203 e. The molecule has 0 amide bonds. The molecule has 0 atom stereocenters. The minimum absolute atomic E-state index is 0.969. The molecule has 0 aromatic heterocycles. The first-order chi connectivity index (χ1) is 8.45. The highest BCUT2D eigenvalue weighted by molar-refractivity contribution is 6.13. The Morgan fingerprint density at radius 3 is 2.24 bits per heavy atom. The molecule has 0 saturated heterocycles. The Hall–Kier alpha value is -2.42. The van der Waals surface area contributed by atoms with E-state index in [1.54, 1.807) is 12.4 Å². The molecule has 0 heterocycles. The monoisotopic (exact) mass is 224 g/mol. The number of anilines is 1. The van der Waals surface area contributed by atoms with Gasteiger partial charge in [0.25, 0.3) is 0 Å². The lowest BCUT2D eigenvalue weighted by atomic mass is 10.3. The fraction of sp³-hybridized carbons (Fsp3) is 0. The van der Waals surface area contributed by atoms with Gasteiger partial charge < -0.3 is 0 Å². The molecule has 0 aliphatic rings. The van der Waals surface area contributed by atoms with Crippen molar-refractivity contribution in [3.05, 3.63) is 60.7 Å². The van der Waals surface area contributed by atoms with Crippen LogP contribution in [0.25, 0.3) is 0 Å². The molecular weight excluding hydrogens is 210 g/mol. The zero-order valence-electron chi connectivity index (χ0n) is 9.38. The van der Waals surface area contributed by atoms with Crippen molar-refractivity contribution in [3.8, 4) is 0 Å². The van der Waals surface area contributed by atoms with Gasteiger partial charge in [0.05, 0.1) is 5.69 Å². The Bertz CT molecular complexity index is 489. The molecular formula is C14H14N3+. The van der Waals surface area contributed by atoms with Crippen LogP contribution in [0.15, 0.2) is 65.8 Å². The first-order valence-corrected chi connectivity index (χ1v) is 5.43. The molecule has 17 heavy (non-hydrogen) atoms. The van der Waals surface area contributed by atoms with Gasteiger partial charge in [0.15, 0.2) is 6.21 Å².